The van der Waals surface area contributed by atoms with Crippen molar-refractivity contribution in [2.45, 2.75) is 45.4 Å². The number of hydrogen-bond donors (Lipinski definition) is 1. The monoisotopic (exact) mass is 259 g/mol. The molecule has 104 valence electrons. The number of para-hydroxylation sites is 1. The summed E-state index contributed by atoms with van der Waals surface area (Å²) in [6.07, 6.45) is 13.8. The van der Waals surface area contributed by atoms with E-state index in [1.54, 1.807) is 6.20 Å². The molecule has 0 spiro atoms. The lowest BCUT2D eigenvalue weighted by Crippen LogP contribution is -2.13. The third-order valence-electron chi connectivity index (χ3n) is 2.93. The molecule has 0 radical (unpaired) electrons. The van der Waals surface area contributed by atoms with Gasteiger partial charge in [-0.2, -0.15) is 0 Å². The summed E-state index contributed by atoms with van der Waals surface area (Å²) in [5.41, 5.74) is 3.77. The second kappa shape index (κ2) is 10.2. The van der Waals surface area contributed by atoms with Crippen molar-refractivity contribution in [2.75, 3.05) is 0 Å². The molecule has 0 fully saturated rings. The maximum atomic E-state index is 5.09. The van der Waals surface area contributed by atoms with Gasteiger partial charge >= 0.3 is 0 Å². The number of fused-ring (bicyclic) bond motifs is 1. The van der Waals surface area contributed by atoms with Gasteiger partial charge in [0.15, 0.2) is 5.75 Å². The largest absolute Gasteiger partial charge is 0.382 e. The molecule has 2 nitrogen and oxygen atoms in total. The molecule has 0 saturated heterocycles. The van der Waals surface area contributed by atoms with Crippen molar-refractivity contribution in [1.82, 2.24) is 5.48 Å². The van der Waals surface area contributed by atoms with E-state index < -0.39 is 0 Å². The van der Waals surface area contributed by atoms with Crippen molar-refractivity contribution in [3.8, 4) is 5.75 Å². The minimum Gasteiger partial charge on any atom is -0.382 e. The van der Waals surface area contributed by atoms with Crippen LogP contribution in [0.3, 0.4) is 0 Å². The maximum Gasteiger partial charge on any atom is 0.162 e. The zero-order chi connectivity index (χ0) is 13.8. The summed E-state index contributed by atoms with van der Waals surface area (Å²) in [4.78, 5) is 5.09. The van der Waals surface area contributed by atoms with E-state index in [1.807, 2.05) is 36.4 Å². The number of unbranched alkanes of at least 4 members (excludes halogenated alkanes) is 5. The van der Waals surface area contributed by atoms with Gasteiger partial charge in [0, 0.05) is 11.8 Å². The number of nitrogens with one attached hydrogen (secondary N) is 1. The van der Waals surface area contributed by atoms with Gasteiger partial charge in [-0.1, -0.05) is 56.9 Å². The molecule has 1 N–H and O–H groups in total. The van der Waals surface area contributed by atoms with Crippen LogP contribution in [0.1, 0.15) is 51.0 Å². The van der Waals surface area contributed by atoms with Gasteiger partial charge in [0.1, 0.15) is 0 Å². The Morgan fingerprint density at radius 2 is 1.95 bits per heavy atom. The molecule has 2 rings (SSSR count). The standard InChI is InChI=1S/C9H18.C8H7NO/c1-3-5-7-9-8-6-4-2;1-2-4-8-7(3-1)5-6-9-10-8/h3H,1,4-9H2,2H3;1-6,9H. The molecule has 1 aromatic carbocycles. The van der Waals surface area contributed by atoms with Crippen molar-refractivity contribution in [1.29, 1.82) is 0 Å². The Bertz CT molecular complexity index is 385. The van der Waals surface area contributed by atoms with E-state index in [-0.39, 0.29) is 0 Å². The summed E-state index contributed by atoms with van der Waals surface area (Å²) in [7, 11) is 0. The molecule has 1 heterocycles. The Morgan fingerprint density at radius 1 is 1.16 bits per heavy atom. The van der Waals surface area contributed by atoms with Crippen LogP contribution in [0.2, 0.25) is 0 Å². The Kier molecular flexibility index (Phi) is 8.28. The average molecular weight is 259 g/mol. The number of hydrogen-bond acceptors (Lipinski definition) is 2. The Hall–Kier alpha value is -1.70. The molecule has 0 amide bonds. The van der Waals surface area contributed by atoms with Crippen LogP contribution in [0.4, 0.5) is 0 Å². The van der Waals surface area contributed by atoms with Gasteiger partial charge in [-0.15, -0.1) is 6.58 Å². The molecular formula is C17H25NO. The first-order valence-corrected chi connectivity index (χ1v) is 7.17. The Labute approximate surface area is 117 Å². The molecule has 0 bridgehead atoms. The molecule has 0 aliphatic carbocycles. The Balaban J connectivity index is 0.000000192. The second-order valence-electron chi connectivity index (χ2n) is 4.58. The van der Waals surface area contributed by atoms with E-state index in [0.29, 0.717) is 0 Å². The van der Waals surface area contributed by atoms with Crippen LogP contribution in [0, 0.1) is 0 Å². The predicted octanol–water partition coefficient (Wildman–Crippen LogP) is 5.09. The predicted molar refractivity (Wildman–Crippen MR) is 82.8 cm³/mol. The first-order valence-electron chi connectivity index (χ1n) is 7.17. The highest BCUT2D eigenvalue weighted by Gasteiger charge is 2.01. The fourth-order valence-corrected chi connectivity index (χ4v) is 1.82. The molecule has 0 saturated carbocycles. The highest BCUT2D eigenvalue weighted by molar-refractivity contribution is 5.57. The van der Waals surface area contributed by atoms with Gasteiger partial charge in [0.05, 0.1) is 0 Å². The van der Waals surface area contributed by atoms with Crippen LogP contribution < -0.4 is 10.3 Å². The van der Waals surface area contributed by atoms with E-state index in [0.717, 1.165) is 11.3 Å². The third kappa shape index (κ3) is 6.70. The van der Waals surface area contributed by atoms with E-state index >= 15 is 0 Å². The summed E-state index contributed by atoms with van der Waals surface area (Å²) in [6, 6.07) is 7.86. The normalized spacial score (nSPS) is 11.4. The van der Waals surface area contributed by atoms with Crippen LogP contribution in [-0.2, 0) is 0 Å². The van der Waals surface area contributed by atoms with Crippen molar-refractivity contribution in [2.24, 2.45) is 0 Å². The van der Waals surface area contributed by atoms with Gasteiger partial charge in [-0.25, -0.2) is 5.48 Å². The molecule has 0 unspecified atom stereocenters. The first kappa shape index (κ1) is 15.4. The number of rotatable bonds is 6. The van der Waals surface area contributed by atoms with Crippen LogP contribution in [0.25, 0.3) is 6.08 Å². The van der Waals surface area contributed by atoms with E-state index in [1.165, 1.54) is 38.5 Å². The summed E-state index contributed by atoms with van der Waals surface area (Å²) in [6.45, 7) is 5.92. The SMILES string of the molecule is C1=Cc2ccccc2ON1.C=CCCCCCCC. The number of hydroxylamine groups is 1. The number of benzene rings is 1. The number of allylic oxidation sites excluding steroid dienone is 1. The van der Waals surface area contributed by atoms with Crippen LogP contribution >= 0.6 is 0 Å². The van der Waals surface area contributed by atoms with E-state index in [2.05, 4.69) is 19.0 Å². The first-order chi connectivity index (χ1) is 9.38. The second-order valence-corrected chi connectivity index (χ2v) is 4.58. The topological polar surface area (TPSA) is 21.3 Å². The molecule has 1 aliphatic rings. The summed E-state index contributed by atoms with van der Waals surface area (Å²) in [5, 5.41) is 0. The van der Waals surface area contributed by atoms with Gasteiger partial charge in [0.2, 0.25) is 0 Å². The molecule has 2 heteroatoms. The molecule has 19 heavy (non-hydrogen) atoms. The zero-order valence-electron chi connectivity index (χ0n) is 11.9. The summed E-state index contributed by atoms with van der Waals surface area (Å²) < 4.78 is 0. The van der Waals surface area contributed by atoms with Crippen molar-refractivity contribution in [3.05, 3.63) is 48.7 Å². The van der Waals surface area contributed by atoms with Crippen LogP contribution in [0.5, 0.6) is 5.75 Å². The van der Waals surface area contributed by atoms with Gasteiger partial charge in [-0.05, 0) is 25.0 Å². The highest BCUT2D eigenvalue weighted by Crippen LogP contribution is 2.20. The van der Waals surface area contributed by atoms with Crippen molar-refractivity contribution < 1.29 is 4.84 Å². The summed E-state index contributed by atoms with van der Waals surface area (Å²) in [5.74, 6) is 0.880. The maximum absolute atomic E-state index is 5.09. The van der Waals surface area contributed by atoms with Crippen molar-refractivity contribution >= 4 is 6.08 Å². The Morgan fingerprint density at radius 3 is 2.68 bits per heavy atom. The van der Waals surface area contributed by atoms with Crippen LogP contribution in [0.15, 0.2) is 43.1 Å². The minimum atomic E-state index is 0.880. The molecular weight excluding hydrogens is 234 g/mol. The lowest BCUT2D eigenvalue weighted by Gasteiger charge is -2.11. The lowest BCUT2D eigenvalue weighted by molar-refractivity contribution is 0.239. The van der Waals surface area contributed by atoms with Gasteiger partial charge < -0.3 is 4.84 Å². The smallest absolute Gasteiger partial charge is 0.162 e. The van der Waals surface area contributed by atoms with Gasteiger partial charge in [-0.3, -0.25) is 0 Å². The van der Waals surface area contributed by atoms with Gasteiger partial charge in [0.25, 0.3) is 0 Å². The minimum absolute atomic E-state index is 0.880. The van der Waals surface area contributed by atoms with Crippen molar-refractivity contribution in [3.63, 3.8) is 0 Å². The highest BCUT2D eigenvalue weighted by atomic mass is 16.6. The molecule has 0 atom stereocenters. The fourth-order valence-electron chi connectivity index (χ4n) is 1.82. The quantitative estimate of drug-likeness (QED) is 0.567. The zero-order valence-corrected chi connectivity index (χ0v) is 11.9. The molecule has 0 aromatic heterocycles. The molecule has 1 aromatic rings. The third-order valence-corrected chi connectivity index (χ3v) is 2.93. The summed E-state index contributed by atoms with van der Waals surface area (Å²) >= 11 is 0. The fraction of sp³-hybridized carbons (Fsp3) is 0.412. The molecule has 1 aliphatic heterocycles. The average Bonchev–Trinajstić information content (AvgIpc) is 2.48. The van der Waals surface area contributed by atoms with Crippen LogP contribution in [-0.4, -0.2) is 0 Å². The lowest BCUT2D eigenvalue weighted by atomic mass is 10.1. The van der Waals surface area contributed by atoms with E-state index in [4.69, 9.17) is 4.84 Å². The van der Waals surface area contributed by atoms with E-state index in [9.17, 15) is 0 Å².